The number of likely N-dealkylation sites (N-methyl/N-ethyl adjacent to an activating group) is 1. The highest BCUT2D eigenvalue weighted by molar-refractivity contribution is 7.94. The number of aromatic nitrogens is 1. The number of pyridine rings is 1. The number of rotatable bonds is 7. The number of nitrogens with one attached hydrogen (secondary N) is 1. The average molecular weight is 335 g/mol. The highest BCUT2D eigenvalue weighted by atomic mass is 32.2. The molecule has 0 saturated heterocycles. The Balaban J connectivity index is 2.16. The maximum Gasteiger partial charge on any atom is 0.269 e. The molecule has 0 fully saturated rings. The van der Waals surface area contributed by atoms with E-state index in [1.54, 1.807) is 0 Å². The Labute approximate surface area is 140 Å². The number of hydrogen-bond donors (Lipinski definition) is 1. The Morgan fingerprint density at radius 1 is 1.30 bits per heavy atom. The van der Waals surface area contributed by atoms with E-state index in [4.69, 9.17) is 0 Å². The molecule has 1 heterocycles. The Hall–Kier alpha value is -1.66. The van der Waals surface area contributed by atoms with Gasteiger partial charge in [0.1, 0.15) is 5.69 Å². The summed E-state index contributed by atoms with van der Waals surface area (Å²) in [6.45, 7) is 9.35. The fourth-order valence-corrected chi connectivity index (χ4v) is 2.85. The molecule has 0 unspecified atom stereocenters. The number of carbonyl (C=O) groups excluding carboxylic acids is 1. The van der Waals surface area contributed by atoms with Crippen molar-refractivity contribution in [2.45, 2.75) is 25.7 Å². The van der Waals surface area contributed by atoms with Crippen LogP contribution < -0.4 is 5.32 Å². The van der Waals surface area contributed by atoms with Crippen LogP contribution in [0.5, 0.6) is 0 Å². The smallest absolute Gasteiger partial charge is 0.269 e. The minimum atomic E-state index is -0.269. The molecular formula is C17H22FN3OS. The maximum atomic E-state index is 13.2. The van der Waals surface area contributed by atoms with Crippen molar-refractivity contribution in [2.75, 3.05) is 26.2 Å². The summed E-state index contributed by atoms with van der Waals surface area (Å²) >= 11 is 0.146. The van der Waals surface area contributed by atoms with Crippen LogP contribution >= 0.6 is 12.1 Å². The zero-order chi connectivity index (χ0) is 16.8. The third-order valence-electron chi connectivity index (χ3n) is 3.85. The van der Waals surface area contributed by atoms with E-state index in [2.05, 4.69) is 29.0 Å². The first-order chi connectivity index (χ1) is 11.1. The van der Waals surface area contributed by atoms with E-state index in [1.165, 1.54) is 6.07 Å². The second kappa shape index (κ2) is 8.26. The number of halogens is 1. The zero-order valence-electron chi connectivity index (χ0n) is 13.7. The van der Waals surface area contributed by atoms with Gasteiger partial charge in [-0.15, -0.1) is 0 Å². The van der Waals surface area contributed by atoms with Gasteiger partial charge in [-0.3, -0.25) is 4.79 Å². The van der Waals surface area contributed by atoms with Crippen LogP contribution in [0.1, 0.15) is 29.9 Å². The van der Waals surface area contributed by atoms with Crippen LogP contribution in [0.2, 0.25) is 0 Å². The predicted molar refractivity (Wildman–Crippen MR) is 93.6 cm³/mol. The van der Waals surface area contributed by atoms with Crippen LogP contribution in [0.15, 0.2) is 29.2 Å². The molecule has 2 aromatic rings. The summed E-state index contributed by atoms with van der Waals surface area (Å²) in [5.74, 6) is -0.269. The lowest BCUT2D eigenvalue weighted by Gasteiger charge is -2.17. The van der Waals surface area contributed by atoms with Crippen molar-refractivity contribution in [1.82, 2.24) is 15.2 Å². The van der Waals surface area contributed by atoms with Crippen LogP contribution in [0.4, 0.5) is 3.89 Å². The van der Waals surface area contributed by atoms with Crippen LogP contribution in [-0.4, -0.2) is 42.0 Å². The summed E-state index contributed by atoms with van der Waals surface area (Å²) in [6.07, 6.45) is 0. The summed E-state index contributed by atoms with van der Waals surface area (Å²) < 4.78 is 13.2. The zero-order valence-corrected chi connectivity index (χ0v) is 14.5. The highest BCUT2D eigenvalue weighted by Crippen LogP contribution is 2.29. The molecule has 2 rings (SSSR count). The SMILES string of the molecule is CCN(CC)CCNC(=O)c1cc(SF)c2cc(C)ccc2n1. The quantitative estimate of drug-likeness (QED) is 0.840. The normalized spacial score (nSPS) is 11.2. The lowest BCUT2D eigenvalue weighted by molar-refractivity contribution is 0.0944. The van der Waals surface area contributed by atoms with Crippen molar-refractivity contribution in [3.05, 3.63) is 35.5 Å². The summed E-state index contributed by atoms with van der Waals surface area (Å²) in [7, 11) is 0. The summed E-state index contributed by atoms with van der Waals surface area (Å²) in [6, 6.07) is 7.12. The molecule has 0 saturated carbocycles. The van der Waals surface area contributed by atoms with E-state index >= 15 is 0 Å². The first-order valence-electron chi connectivity index (χ1n) is 7.79. The van der Waals surface area contributed by atoms with Crippen molar-refractivity contribution >= 4 is 29.0 Å². The van der Waals surface area contributed by atoms with Crippen LogP contribution in [0.25, 0.3) is 10.9 Å². The fraction of sp³-hybridized carbons (Fsp3) is 0.412. The Bertz CT molecular complexity index is 689. The van der Waals surface area contributed by atoms with Crippen molar-refractivity contribution in [3.8, 4) is 0 Å². The molecule has 23 heavy (non-hydrogen) atoms. The molecule has 0 spiro atoms. The number of carbonyl (C=O) groups is 1. The maximum absolute atomic E-state index is 13.2. The third kappa shape index (κ3) is 4.42. The summed E-state index contributed by atoms with van der Waals surface area (Å²) in [5, 5.41) is 3.58. The van der Waals surface area contributed by atoms with Crippen LogP contribution in [0, 0.1) is 6.92 Å². The molecular weight excluding hydrogens is 313 g/mol. The van der Waals surface area contributed by atoms with Gasteiger partial charge in [0, 0.05) is 18.5 Å². The Morgan fingerprint density at radius 2 is 2.04 bits per heavy atom. The minimum Gasteiger partial charge on any atom is -0.349 e. The second-order valence-electron chi connectivity index (χ2n) is 5.39. The summed E-state index contributed by atoms with van der Waals surface area (Å²) in [5.41, 5.74) is 1.92. The Kier molecular flexibility index (Phi) is 6.36. The molecule has 4 nitrogen and oxygen atoms in total. The van der Waals surface area contributed by atoms with Crippen molar-refractivity contribution in [2.24, 2.45) is 0 Å². The molecule has 0 aliphatic carbocycles. The van der Waals surface area contributed by atoms with Gasteiger partial charge in [-0.1, -0.05) is 25.5 Å². The highest BCUT2D eigenvalue weighted by Gasteiger charge is 2.13. The van der Waals surface area contributed by atoms with Gasteiger partial charge >= 0.3 is 0 Å². The molecule has 0 atom stereocenters. The second-order valence-corrected chi connectivity index (χ2v) is 5.98. The first kappa shape index (κ1) is 17.7. The van der Waals surface area contributed by atoms with Gasteiger partial charge in [0.05, 0.1) is 22.6 Å². The van der Waals surface area contributed by atoms with Crippen LogP contribution in [-0.2, 0) is 0 Å². The molecule has 6 heteroatoms. The van der Waals surface area contributed by atoms with Gasteiger partial charge in [-0.25, -0.2) is 4.98 Å². The van der Waals surface area contributed by atoms with Gasteiger partial charge < -0.3 is 10.2 Å². The Morgan fingerprint density at radius 3 is 2.70 bits per heavy atom. The van der Waals surface area contributed by atoms with E-state index in [9.17, 15) is 8.68 Å². The molecule has 1 aromatic heterocycles. The molecule has 1 aromatic carbocycles. The van der Waals surface area contributed by atoms with Crippen molar-refractivity contribution < 1.29 is 8.68 Å². The lowest BCUT2D eigenvalue weighted by Crippen LogP contribution is -2.35. The van der Waals surface area contributed by atoms with E-state index in [1.807, 2.05) is 25.1 Å². The largest absolute Gasteiger partial charge is 0.349 e. The molecule has 0 radical (unpaired) electrons. The number of benzene rings is 1. The third-order valence-corrected chi connectivity index (χ3v) is 4.35. The van der Waals surface area contributed by atoms with E-state index in [0.29, 0.717) is 17.0 Å². The fourth-order valence-electron chi connectivity index (χ4n) is 2.45. The van der Waals surface area contributed by atoms with Crippen LogP contribution in [0.3, 0.4) is 0 Å². The average Bonchev–Trinajstić information content (AvgIpc) is 2.57. The molecule has 0 aliphatic heterocycles. The van der Waals surface area contributed by atoms with Gasteiger partial charge in [0.25, 0.3) is 5.91 Å². The number of fused-ring (bicyclic) bond motifs is 1. The predicted octanol–water partition coefficient (Wildman–Crippen LogP) is 3.59. The number of aryl methyl sites for hydroxylation is 1. The van der Waals surface area contributed by atoms with Gasteiger partial charge in [0.15, 0.2) is 0 Å². The monoisotopic (exact) mass is 335 g/mol. The van der Waals surface area contributed by atoms with E-state index in [-0.39, 0.29) is 23.7 Å². The number of amides is 1. The number of nitrogens with zero attached hydrogens (tertiary/aromatic N) is 2. The van der Waals surface area contributed by atoms with Gasteiger partial charge in [-0.05, 0) is 38.2 Å². The minimum absolute atomic E-state index is 0.146. The molecule has 1 amide bonds. The van der Waals surface area contributed by atoms with Crippen molar-refractivity contribution in [1.29, 1.82) is 0 Å². The van der Waals surface area contributed by atoms with Crippen molar-refractivity contribution in [3.63, 3.8) is 0 Å². The van der Waals surface area contributed by atoms with E-state index < -0.39 is 0 Å². The first-order valence-corrected chi connectivity index (χ1v) is 8.51. The number of hydrogen-bond acceptors (Lipinski definition) is 4. The lowest BCUT2D eigenvalue weighted by atomic mass is 10.1. The standard InChI is InChI=1S/C17H22FN3OS/c1-4-21(5-2)9-8-19-17(22)15-11-16(23-18)13-10-12(3)6-7-14(13)20-15/h6-7,10-11H,4-5,8-9H2,1-3H3,(H,19,22). The van der Waals surface area contributed by atoms with Gasteiger partial charge in [-0.2, -0.15) is 3.89 Å². The summed E-state index contributed by atoms with van der Waals surface area (Å²) in [4.78, 5) is 19.3. The van der Waals surface area contributed by atoms with Gasteiger partial charge in [0.2, 0.25) is 0 Å². The topological polar surface area (TPSA) is 45.2 Å². The molecule has 0 aliphatic rings. The molecule has 0 bridgehead atoms. The molecule has 1 N–H and O–H groups in total. The molecule has 124 valence electrons. The van der Waals surface area contributed by atoms with E-state index in [0.717, 1.165) is 30.6 Å².